The van der Waals surface area contributed by atoms with Crippen LogP contribution in [0.5, 0.6) is 0 Å². The normalized spacial score (nSPS) is 17.7. The van der Waals surface area contributed by atoms with E-state index in [9.17, 15) is 9.59 Å². The first kappa shape index (κ1) is 16.2. The molecule has 1 aliphatic rings. The van der Waals surface area contributed by atoms with E-state index in [2.05, 4.69) is 10.1 Å². The number of aromatic nitrogens is 3. The highest BCUT2D eigenvalue weighted by Crippen LogP contribution is 2.24. The van der Waals surface area contributed by atoms with Crippen molar-refractivity contribution >= 4 is 11.9 Å². The molecule has 0 aliphatic carbocycles. The smallest absolute Gasteiger partial charge is 0.305 e. The maximum absolute atomic E-state index is 12.9. The number of aliphatic carboxylic acids is 1. The molecule has 0 radical (unpaired) electrons. The number of carboxylic acids is 1. The van der Waals surface area contributed by atoms with Crippen LogP contribution in [0.25, 0.3) is 11.3 Å². The molecule has 1 N–H and O–H groups in total. The summed E-state index contributed by atoms with van der Waals surface area (Å²) in [5.41, 5.74) is 2.06. The van der Waals surface area contributed by atoms with E-state index in [-0.39, 0.29) is 18.4 Å². The van der Waals surface area contributed by atoms with Gasteiger partial charge in [0.05, 0.1) is 12.1 Å². The number of pyridine rings is 1. The van der Waals surface area contributed by atoms with Crippen molar-refractivity contribution in [3.05, 3.63) is 36.3 Å². The highest BCUT2D eigenvalue weighted by molar-refractivity contribution is 5.94. The molecule has 1 aliphatic heterocycles. The molecule has 1 amide bonds. The summed E-state index contributed by atoms with van der Waals surface area (Å²) >= 11 is 0. The van der Waals surface area contributed by atoms with Gasteiger partial charge in [0.25, 0.3) is 5.91 Å². The van der Waals surface area contributed by atoms with E-state index in [4.69, 9.17) is 5.11 Å². The fourth-order valence-electron chi connectivity index (χ4n) is 3.16. The third kappa shape index (κ3) is 3.29. The van der Waals surface area contributed by atoms with Gasteiger partial charge in [-0.3, -0.25) is 19.3 Å². The highest BCUT2D eigenvalue weighted by atomic mass is 16.4. The number of hydrogen-bond donors (Lipinski definition) is 1. The van der Waals surface area contributed by atoms with Crippen LogP contribution >= 0.6 is 0 Å². The number of likely N-dealkylation sites (tertiary alicyclic amines) is 1. The summed E-state index contributed by atoms with van der Waals surface area (Å²) in [6.07, 6.45) is 5.93. The van der Waals surface area contributed by atoms with Crippen LogP contribution < -0.4 is 0 Å². The minimum absolute atomic E-state index is 0.0131. The molecule has 1 unspecified atom stereocenters. The van der Waals surface area contributed by atoms with Gasteiger partial charge in [-0.2, -0.15) is 5.10 Å². The molecular formula is C17H20N4O3. The second kappa shape index (κ2) is 6.82. The number of aryl methyl sites for hydroxylation is 1. The average Bonchev–Trinajstić information content (AvgIpc) is 2.97. The number of nitrogens with zero attached hydrogens (tertiary/aromatic N) is 4. The monoisotopic (exact) mass is 328 g/mol. The number of carboxylic acid groups (broad SMARTS) is 1. The van der Waals surface area contributed by atoms with Crippen molar-refractivity contribution in [2.24, 2.45) is 7.05 Å². The van der Waals surface area contributed by atoms with Gasteiger partial charge in [-0.05, 0) is 37.5 Å². The standard InChI is InChI=1S/C17H20N4O3/c1-20-15(11-14(19-20)12-5-7-18-8-6-12)17(24)21-9-3-2-4-13(21)10-16(22)23/h5-8,11,13H,2-4,9-10H2,1H3,(H,22,23). The van der Waals surface area contributed by atoms with Gasteiger partial charge in [0, 0.05) is 37.6 Å². The molecule has 0 bridgehead atoms. The summed E-state index contributed by atoms with van der Waals surface area (Å²) in [4.78, 5) is 29.7. The van der Waals surface area contributed by atoms with Gasteiger partial charge in [-0.1, -0.05) is 0 Å². The van der Waals surface area contributed by atoms with Crippen LogP contribution in [0, 0.1) is 0 Å². The Bertz CT molecular complexity index is 742. The predicted molar refractivity (Wildman–Crippen MR) is 87.4 cm³/mol. The zero-order valence-electron chi connectivity index (χ0n) is 13.6. The molecule has 1 fully saturated rings. The third-order valence-electron chi connectivity index (χ3n) is 4.37. The zero-order valence-corrected chi connectivity index (χ0v) is 13.6. The van der Waals surface area contributed by atoms with E-state index in [0.29, 0.717) is 17.9 Å². The first-order chi connectivity index (χ1) is 11.6. The van der Waals surface area contributed by atoms with Crippen molar-refractivity contribution in [1.82, 2.24) is 19.7 Å². The number of amides is 1. The van der Waals surface area contributed by atoms with E-state index >= 15 is 0 Å². The lowest BCUT2D eigenvalue weighted by molar-refractivity contribution is -0.138. The fourth-order valence-corrected chi connectivity index (χ4v) is 3.16. The Morgan fingerprint density at radius 2 is 2.04 bits per heavy atom. The van der Waals surface area contributed by atoms with Crippen molar-refractivity contribution in [1.29, 1.82) is 0 Å². The first-order valence-corrected chi connectivity index (χ1v) is 8.03. The van der Waals surface area contributed by atoms with Gasteiger partial charge in [-0.25, -0.2) is 0 Å². The summed E-state index contributed by atoms with van der Waals surface area (Å²) in [7, 11) is 1.73. The van der Waals surface area contributed by atoms with E-state index in [1.54, 1.807) is 35.1 Å². The first-order valence-electron chi connectivity index (χ1n) is 8.03. The Morgan fingerprint density at radius 3 is 2.75 bits per heavy atom. The molecule has 2 aromatic rings. The lowest BCUT2D eigenvalue weighted by Gasteiger charge is -2.34. The topological polar surface area (TPSA) is 88.3 Å². The van der Waals surface area contributed by atoms with Crippen LogP contribution in [0.1, 0.15) is 36.2 Å². The molecule has 3 rings (SSSR count). The summed E-state index contributed by atoms with van der Waals surface area (Å²) in [6.45, 7) is 0.590. The van der Waals surface area contributed by atoms with Crippen molar-refractivity contribution in [3.63, 3.8) is 0 Å². The number of rotatable bonds is 4. The molecule has 126 valence electrons. The molecule has 7 heteroatoms. The van der Waals surface area contributed by atoms with Crippen LogP contribution in [-0.2, 0) is 11.8 Å². The van der Waals surface area contributed by atoms with E-state index in [0.717, 1.165) is 24.8 Å². The van der Waals surface area contributed by atoms with Crippen molar-refractivity contribution in [2.75, 3.05) is 6.54 Å². The maximum Gasteiger partial charge on any atom is 0.305 e. The molecule has 0 saturated carbocycles. The van der Waals surface area contributed by atoms with Crippen LogP contribution in [0.2, 0.25) is 0 Å². The molecule has 1 atom stereocenters. The second-order valence-corrected chi connectivity index (χ2v) is 6.02. The maximum atomic E-state index is 12.9. The van der Waals surface area contributed by atoms with E-state index in [1.165, 1.54) is 0 Å². The van der Waals surface area contributed by atoms with Crippen LogP contribution in [0.3, 0.4) is 0 Å². The Hall–Kier alpha value is -2.70. The quantitative estimate of drug-likeness (QED) is 0.927. The molecule has 7 nitrogen and oxygen atoms in total. The lowest BCUT2D eigenvalue weighted by Crippen LogP contribution is -2.45. The number of piperidine rings is 1. The molecule has 0 aromatic carbocycles. The van der Waals surface area contributed by atoms with Gasteiger partial charge in [0.2, 0.25) is 0 Å². The Labute approximate surface area is 139 Å². The molecule has 3 heterocycles. The average molecular weight is 328 g/mol. The van der Waals surface area contributed by atoms with Crippen LogP contribution in [0.4, 0.5) is 0 Å². The Morgan fingerprint density at radius 1 is 1.29 bits per heavy atom. The predicted octanol–water partition coefficient (Wildman–Crippen LogP) is 1.95. The van der Waals surface area contributed by atoms with Crippen molar-refractivity contribution in [3.8, 4) is 11.3 Å². The van der Waals surface area contributed by atoms with Gasteiger partial charge < -0.3 is 10.0 Å². The lowest BCUT2D eigenvalue weighted by atomic mass is 9.99. The minimum atomic E-state index is -0.873. The third-order valence-corrected chi connectivity index (χ3v) is 4.37. The Kier molecular flexibility index (Phi) is 4.59. The minimum Gasteiger partial charge on any atom is -0.481 e. The van der Waals surface area contributed by atoms with Crippen LogP contribution in [-0.4, -0.2) is 49.2 Å². The molecule has 1 saturated heterocycles. The van der Waals surface area contributed by atoms with Gasteiger partial charge >= 0.3 is 5.97 Å². The zero-order chi connectivity index (χ0) is 17.1. The summed E-state index contributed by atoms with van der Waals surface area (Å²) in [5, 5.41) is 13.5. The number of carbonyl (C=O) groups is 2. The summed E-state index contributed by atoms with van der Waals surface area (Å²) < 4.78 is 1.56. The summed E-state index contributed by atoms with van der Waals surface area (Å²) in [6, 6.07) is 5.18. The largest absolute Gasteiger partial charge is 0.481 e. The summed E-state index contributed by atoms with van der Waals surface area (Å²) in [5.74, 6) is -1.03. The van der Waals surface area contributed by atoms with Gasteiger partial charge in [0.15, 0.2) is 0 Å². The van der Waals surface area contributed by atoms with E-state index < -0.39 is 5.97 Å². The fraction of sp³-hybridized carbons (Fsp3) is 0.412. The molecule has 24 heavy (non-hydrogen) atoms. The molecule has 2 aromatic heterocycles. The van der Waals surface area contributed by atoms with E-state index in [1.807, 2.05) is 12.1 Å². The number of carbonyl (C=O) groups excluding carboxylic acids is 1. The SMILES string of the molecule is Cn1nc(-c2ccncc2)cc1C(=O)N1CCCCC1CC(=O)O. The number of hydrogen-bond acceptors (Lipinski definition) is 4. The van der Waals surface area contributed by atoms with Gasteiger partial charge in [0.1, 0.15) is 5.69 Å². The van der Waals surface area contributed by atoms with Crippen LogP contribution in [0.15, 0.2) is 30.6 Å². The molecule has 0 spiro atoms. The van der Waals surface area contributed by atoms with Gasteiger partial charge in [-0.15, -0.1) is 0 Å². The highest BCUT2D eigenvalue weighted by Gasteiger charge is 2.30. The Balaban J connectivity index is 1.86. The van der Waals surface area contributed by atoms with Crippen molar-refractivity contribution in [2.45, 2.75) is 31.7 Å². The van der Waals surface area contributed by atoms with Crippen molar-refractivity contribution < 1.29 is 14.7 Å². The second-order valence-electron chi connectivity index (χ2n) is 6.02. The molecular weight excluding hydrogens is 308 g/mol.